The number of carbonyl (C=O) groups is 2. The van der Waals surface area contributed by atoms with Crippen molar-refractivity contribution in [1.82, 2.24) is 15.5 Å². The molecule has 10 heteroatoms. The topological polar surface area (TPSA) is 96.0 Å². The van der Waals surface area contributed by atoms with Gasteiger partial charge in [-0.1, -0.05) is 101 Å². The third-order valence-corrected chi connectivity index (χ3v) is 6.30. The fourth-order valence-electron chi connectivity index (χ4n) is 3.15. The molecule has 0 aliphatic rings. The van der Waals surface area contributed by atoms with Gasteiger partial charge in [-0.25, -0.2) is 4.79 Å². The number of anilines is 2. The Morgan fingerprint density at radius 3 is 2.15 bits per heavy atom. The van der Waals surface area contributed by atoms with Crippen LogP contribution in [0.1, 0.15) is 5.56 Å². The molecule has 0 saturated carbocycles. The van der Waals surface area contributed by atoms with Crippen molar-refractivity contribution in [3.05, 3.63) is 94.5 Å². The van der Waals surface area contributed by atoms with Crippen molar-refractivity contribution >= 4 is 57.3 Å². The molecule has 1 atom stereocenters. The Balaban J connectivity index is 1.49. The van der Waals surface area contributed by atoms with E-state index in [0.717, 1.165) is 11.1 Å². The predicted octanol–water partition coefficient (Wildman–Crippen LogP) is 5.88. The zero-order chi connectivity index (χ0) is 23.9. The number of aromatic nitrogens is 2. The minimum absolute atomic E-state index is 0.263. The molecular formula is C24H19Cl2N5O2S. The van der Waals surface area contributed by atoms with Crippen LogP contribution in [0.25, 0.3) is 10.6 Å². The molecule has 3 amide bonds. The number of carbonyl (C=O) groups excluding carboxylic acids is 2. The molecule has 172 valence electrons. The molecule has 7 nitrogen and oxygen atoms in total. The number of para-hydroxylation sites is 1. The quantitative estimate of drug-likeness (QED) is 0.288. The van der Waals surface area contributed by atoms with E-state index in [1.54, 1.807) is 18.2 Å². The summed E-state index contributed by atoms with van der Waals surface area (Å²) in [5, 5.41) is 17.9. The molecule has 0 aliphatic heterocycles. The summed E-state index contributed by atoms with van der Waals surface area (Å²) in [5.41, 5.74) is 2.04. The van der Waals surface area contributed by atoms with Crippen molar-refractivity contribution in [3.8, 4) is 10.6 Å². The Morgan fingerprint density at radius 1 is 0.824 bits per heavy atom. The monoisotopic (exact) mass is 511 g/mol. The van der Waals surface area contributed by atoms with E-state index in [1.807, 2.05) is 60.7 Å². The Hall–Kier alpha value is -3.46. The first-order chi connectivity index (χ1) is 16.5. The smallest absolute Gasteiger partial charge is 0.319 e. The molecule has 3 N–H and O–H groups in total. The summed E-state index contributed by atoms with van der Waals surface area (Å²) in [7, 11) is 0. The summed E-state index contributed by atoms with van der Waals surface area (Å²) in [5.74, 6) is -0.431. The minimum atomic E-state index is -0.896. The average molecular weight is 512 g/mol. The molecule has 3 aromatic carbocycles. The minimum Gasteiger partial charge on any atom is -0.326 e. The van der Waals surface area contributed by atoms with Crippen molar-refractivity contribution in [2.45, 2.75) is 12.5 Å². The second kappa shape index (κ2) is 11.1. The molecule has 34 heavy (non-hydrogen) atoms. The number of benzene rings is 3. The van der Waals surface area contributed by atoms with Gasteiger partial charge in [0.1, 0.15) is 11.0 Å². The Bertz CT molecular complexity index is 1260. The maximum atomic E-state index is 13.1. The van der Waals surface area contributed by atoms with Gasteiger partial charge in [-0.15, -0.1) is 10.2 Å². The van der Waals surface area contributed by atoms with Gasteiger partial charge in [-0.2, -0.15) is 0 Å². The van der Waals surface area contributed by atoms with Crippen molar-refractivity contribution in [2.75, 3.05) is 10.6 Å². The third kappa shape index (κ3) is 6.11. The summed E-state index contributed by atoms with van der Waals surface area (Å²) in [6, 6.07) is 22.3. The lowest BCUT2D eigenvalue weighted by atomic mass is 10.1. The number of halogens is 2. The van der Waals surface area contributed by atoms with E-state index >= 15 is 0 Å². The molecule has 4 aromatic rings. The summed E-state index contributed by atoms with van der Waals surface area (Å²) in [6.45, 7) is 0. The normalized spacial score (nSPS) is 11.5. The van der Waals surface area contributed by atoms with E-state index in [4.69, 9.17) is 23.2 Å². The Kier molecular flexibility index (Phi) is 7.74. The number of nitrogens with zero attached hydrogens (tertiary/aromatic N) is 2. The second-order valence-corrected chi connectivity index (χ2v) is 9.00. The van der Waals surface area contributed by atoms with Crippen LogP contribution in [0.2, 0.25) is 10.0 Å². The zero-order valence-corrected chi connectivity index (χ0v) is 20.0. The summed E-state index contributed by atoms with van der Waals surface area (Å²) >= 11 is 13.5. The van der Waals surface area contributed by atoms with Gasteiger partial charge < -0.3 is 10.6 Å². The number of urea groups is 1. The Morgan fingerprint density at radius 2 is 1.47 bits per heavy atom. The van der Waals surface area contributed by atoms with Gasteiger partial charge in [0.05, 0.1) is 15.7 Å². The molecule has 0 bridgehead atoms. The molecule has 0 radical (unpaired) electrons. The SMILES string of the molecule is O=C(Nc1c(Cl)cccc1Cl)NC(Cc1ccccc1)C(=O)Nc1nnc(-c2ccccc2)s1. The van der Waals surface area contributed by atoms with Crippen molar-refractivity contribution in [3.63, 3.8) is 0 Å². The highest BCUT2D eigenvalue weighted by atomic mass is 35.5. The predicted molar refractivity (Wildman–Crippen MR) is 137 cm³/mol. The molecule has 1 unspecified atom stereocenters. The van der Waals surface area contributed by atoms with Crippen molar-refractivity contribution in [1.29, 1.82) is 0 Å². The van der Waals surface area contributed by atoms with Gasteiger partial charge in [0.15, 0.2) is 0 Å². The van der Waals surface area contributed by atoms with Crippen LogP contribution in [0.5, 0.6) is 0 Å². The van der Waals surface area contributed by atoms with Gasteiger partial charge in [-0.3, -0.25) is 10.1 Å². The summed E-state index contributed by atoms with van der Waals surface area (Å²) in [6.07, 6.45) is 0.265. The molecular weight excluding hydrogens is 493 g/mol. The fourth-order valence-corrected chi connectivity index (χ4v) is 4.39. The van der Waals surface area contributed by atoms with Crippen LogP contribution in [0.3, 0.4) is 0 Å². The number of hydrogen-bond acceptors (Lipinski definition) is 5. The standard InChI is InChI=1S/C24H19Cl2N5O2S/c25-17-12-7-13-18(26)20(17)28-23(33)27-19(14-15-8-3-1-4-9-15)21(32)29-24-31-30-22(34-24)16-10-5-2-6-11-16/h1-13,19H,14H2,(H2,27,28,33)(H,29,31,32). The van der Waals surface area contributed by atoms with Gasteiger partial charge in [0.2, 0.25) is 11.0 Å². The largest absolute Gasteiger partial charge is 0.326 e. The van der Waals surface area contributed by atoms with E-state index < -0.39 is 18.0 Å². The maximum absolute atomic E-state index is 13.1. The van der Waals surface area contributed by atoms with Crippen LogP contribution in [0.15, 0.2) is 78.9 Å². The lowest BCUT2D eigenvalue weighted by Crippen LogP contribution is -2.47. The van der Waals surface area contributed by atoms with Crippen LogP contribution in [-0.2, 0) is 11.2 Å². The second-order valence-electron chi connectivity index (χ2n) is 7.21. The van der Waals surface area contributed by atoms with Crippen LogP contribution < -0.4 is 16.0 Å². The highest BCUT2D eigenvalue weighted by Gasteiger charge is 2.23. The van der Waals surface area contributed by atoms with Crippen LogP contribution in [0.4, 0.5) is 15.6 Å². The summed E-state index contributed by atoms with van der Waals surface area (Å²) in [4.78, 5) is 25.8. The highest BCUT2D eigenvalue weighted by molar-refractivity contribution is 7.18. The van der Waals surface area contributed by atoms with E-state index in [2.05, 4.69) is 26.1 Å². The van der Waals surface area contributed by atoms with Gasteiger partial charge in [0.25, 0.3) is 0 Å². The first-order valence-electron chi connectivity index (χ1n) is 10.2. The van der Waals surface area contributed by atoms with Crippen molar-refractivity contribution < 1.29 is 9.59 Å². The van der Waals surface area contributed by atoms with E-state index in [-0.39, 0.29) is 22.2 Å². The lowest BCUT2D eigenvalue weighted by molar-refractivity contribution is -0.117. The molecule has 1 aromatic heterocycles. The lowest BCUT2D eigenvalue weighted by Gasteiger charge is -2.19. The van der Waals surface area contributed by atoms with Gasteiger partial charge in [0, 0.05) is 12.0 Å². The number of nitrogens with one attached hydrogen (secondary N) is 3. The molecule has 0 spiro atoms. The van der Waals surface area contributed by atoms with Gasteiger partial charge >= 0.3 is 6.03 Å². The Labute approximate surface area is 210 Å². The molecule has 0 fully saturated rings. The number of amides is 3. The molecule has 1 heterocycles. The van der Waals surface area contributed by atoms with Gasteiger partial charge in [-0.05, 0) is 17.7 Å². The van der Waals surface area contributed by atoms with Crippen molar-refractivity contribution in [2.24, 2.45) is 0 Å². The number of rotatable bonds is 7. The highest BCUT2D eigenvalue weighted by Crippen LogP contribution is 2.30. The molecule has 0 saturated heterocycles. The summed E-state index contributed by atoms with van der Waals surface area (Å²) < 4.78 is 0. The first-order valence-corrected chi connectivity index (χ1v) is 11.8. The maximum Gasteiger partial charge on any atom is 0.319 e. The molecule has 0 aliphatic carbocycles. The van der Waals surface area contributed by atoms with Crippen LogP contribution >= 0.6 is 34.5 Å². The van der Waals surface area contributed by atoms with E-state index in [1.165, 1.54) is 11.3 Å². The number of hydrogen-bond donors (Lipinski definition) is 3. The van der Waals surface area contributed by atoms with Crippen LogP contribution in [0, 0.1) is 0 Å². The average Bonchev–Trinajstić information content (AvgIpc) is 3.31. The van der Waals surface area contributed by atoms with Crippen LogP contribution in [-0.4, -0.2) is 28.2 Å². The molecule has 4 rings (SSSR count). The fraction of sp³-hybridized carbons (Fsp3) is 0.0833. The third-order valence-electron chi connectivity index (χ3n) is 4.78. The zero-order valence-electron chi connectivity index (χ0n) is 17.7. The first kappa shape index (κ1) is 23.7. The van der Waals surface area contributed by atoms with E-state index in [9.17, 15) is 9.59 Å². The van der Waals surface area contributed by atoms with E-state index in [0.29, 0.717) is 10.1 Å².